The monoisotopic (exact) mass is 270 g/mol. The number of hydrogen-bond acceptors (Lipinski definition) is 3. The van der Waals surface area contributed by atoms with Gasteiger partial charge in [-0.25, -0.2) is 9.78 Å². The van der Waals surface area contributed by atoms with Gasteiger partial charge in [-0.05, 0) is 36.2 Å². The SMILES string of the molecule is CCc1ccc(C(=O)Nc2ccc(C(=O)O)nc2)cc1. The lowest BCUT2D eigenvalue weighted by Crippen LogP contribution is -2.12. The summed E-state index contributed by atoms with van der Waals surface area (Å²) in [6.45, 7) is 2.05. The summed E-state index contributed by atoms with van der Waals surface area (Å²) in [5, 5.41) is 11.4. The van der Waals surface area contributed by atoms with Gasteiger partial charge in [0.15, 0.2) is 0 Å². The third-order valence-corrected chi connectivity index (χ3v) is 2.86. The third kappa shape index (κ3) is 3.20. The number of carboxylic acid groups (broad SMARTS) is 1. The van der Waals surface area contributed by atoms with Crippen LogP contribution in [0.25, 0.3) is 0 Å². The van der Waals surface area contributed by atoms with Crippen molar-refractivity contribution in [2.24, 2.45) is 0 Å². The van der Waals surface area contributed by atoms with E-state index in [1.54, 1.807) is 12.1 Å². The minimum Gasteiger partial charge on any atom is -0.477 e. The molecule has 0 saturated carbocycles. The number of benzene rings is 1. The lowest BCUT2D eigenvalue weighted by molar-refractivity contribution is 0.0690. The molecule has 2 N–H and O–H groups in total. The van der Waals surface area contributed by atoms with Gasteiger partial charge in [0, 0.05) is 5.56 Å². The summed E-state index contributed by atoms with van der Waals surface area (Å²) in [4.78, 5) is 26.4. The Morgan fingerprint density at radius 2 is 1.85 bits per heavy atom. The third-order valence-electron chi connectivity index (χ3n) is 2.86. The molecular weight excluding hydrogens is 256 g/mol. The smallest absolute Gasteiger partial charge is 0.354 e. The fourth-order valence-electron chi connectivity index (χ4n) is 1.69. The lowest BCUT2D eigenvalue weighted by atomic mass is 10.1. The number of nitrogens with zero attached hydrogens (tertiary/aromatic N) is 1. The van der Waals surface area contributed by atoms with Crippen LogP contribution in [0.5, 0.6) is 0 Å². The number of rotatable bonds is 4. The Morgan fingerprint density at radius 3 is 2.35 bits per heavy atom. The highest BCUT2D eigenvalue weighted by Crippen LogP contribution is 2.10. The standard InChI is InChI=1S/C15H14N2O3/c1-2-10-3-5-11(6-4-10)14(18)17-12-7-8-13(15(19)20)16-9-12/h3-9H,2H2,1H3,(H,17,18)(H,19,20). The van der Waals surface area contributed by atoms with Crippen LogP contribution in [0.4, 0.5) is 5.69 Å². The van der Waals surface area contributed by atoms with E-state index in [0.717, 1.165) is 12.0 Å². The molecule has 0 spiro atoms. The van der Waals surface area contributed by atoms with Crippen molar-refractivity contribution in [1.82, 2.24) is 4.98 Å². The fraction of sp³-hybridized carbons (Fsp3) is 0.133. The van der Waals surface area contributed by atoms with Gasteiger partial charge in [0.2, 0.25) is 0 Å². The molecule has 0 aliphatic rings. The number of pyridine rings is 1. The van der Waals surface area contributed by atoms with Gasteiger partial charge in [-0.15, -0.1) is 0 Å². The number of aromatic nitrogens is 1. The highest BCUT2D eigenvalue weighted by molar-refractivity contribution is 6.04. The number of carbonyl (C=O) groups is 2. The first-order valence-corrected chi connectivity index (χ1v) is 6.20. The molecule has 0 saturated heterocycles. The second-order valence-electron chi connectivity index (χ2n) is 4.24. The van der Waals surface area contributed by atoms with Gasteiger partial charge in [-0.1, -0.05) is 19.1 Å². The van der Waals surface area contributed by atoms with Gasteiger partial charge < -0.3 is 10.4 Å². The highest BCUT2D eigenvalue weighted by atomic mass is 16.4. The lowest BCUT2D eigenvalue weighted by Gasteiger charge is -2.05. The van der Waals surface area contributed by atoms with E-state index in [-0.39, 0.29) is 11.6 Å². The molecule has 1 aromatic carbocycles. The van der Waals surface area contributed by atoms with Gasteiger partial charge in [-0.2, -0.15) is 0 Å². The first kappa shape index (κ1) is 13.7. The summed E-state index contributed by atoms with van der Waals surface area (Å²) < 4.78 is 0. The average molecular weight is 270 g/mol. The Labute approximate surface area is 116 Å². The Balaban J connectivity index is 2.08. The molecule has 0 unspecified atom stereocenters. The zero-order valence-corrected chi connectivity index (χ0v) is 11.0. The number of hydrogen-bond donors (Lipinski definition) is 2. The fourth-order valence-corrected chi connectivity index (χ4v) is 1.69. The van der Waals surface area contributed by atoms with E-state index in [9.17, 15) is 9.59 Å². The molecule has 102 valence electrons. The van der Waals surface area contributed by atoms with E-state index in [4.69, 9.17) is 5.11 Å². The number of anilines is 1. The summed E-state index contributed by atoms with van der Waals surface area (Å²) in [5.41, 5.74) is 2.11. The summed E-state index contributed by atoms with van der Waals surface area (Å²) in [6.07, 6.45) is 2.24. The molecule has 0 fully saturated rings. The molecule has 2 rings (SSSR count). The Hall–Kier alpha value is -2.69. The number of aromatic carboxylic acids is 1. The van der Waals surface area contributed by atoms with E-state index in [2.05, 4.69) is 10.3 Å². The van der Waals surface area contributed by atoms with Crippen molar-refractivity contribution in [2.45, 2.75) is 13.3 Å². The predicted octanol–water partition coefficient (Wildman–Crippen LogP) is 2.59. The van der Waals surface area contributed by atoms with Crippen molar-refractivity contribution >= 4 is 17.6 Å². The van der Waals surface area contributed by atoms with Gasteiger partial charge in [0.1, 0.15) is 5.69 Å². The van der Waals surface area contributed by atoms with Crippen LogP contribution in [0, 0.1) is 0 Å². The quantitative estimate of drug-likeness (QED) is 0.895. The molecule has 1 heterocycles. The first-order valence-electron chi connectivity index (χ1n) is 6.20. The van der Waals surface area contributed by atoms with E-state index in [0.29, 0.717) is 11.3 Å². The second kappa shape index (κ2) is 5.97. The molecule has 2 aromatic rings. The minimum atomic E-state index is -1.10. The summed E-state index contributed by atoms with van der Waals surface area (Å²) in [6, 6.07) is 10.2. The molecule has 20 heavy (non-hydrogen) atoms. The summed E-state index contributed by atoms with van der Waals surface area (Å²) >= 11 is 0. The van der Waals surface area contributed by atoms with Crippen LogP contribution in [0.1, 0.15) is 33.3 Å². The maximum Gasteiger partial charge on any atom is 0.354 e. The van der Waals surface area contributed by atoms with Gasteiger partial charge in [-0.3, -0.25) is 4.79 Å². The van der Waals surface area contributed by atoms with Crippen LogP contribution in [0.3, 0.4) is 0 Å². The second-order valence-corrected chi connectivity index (χ2v) is 4.24. The van der Waals surface area contributed by atoms with Crippen molar-refractivity contribution in [3.8, 4) is 0 Å². The number of aryl methyl sites for hydroxylation is 1. The maximum atomic E-state index is 12.0. The highest BCUT2D eigenvalue weighted by Gasteiger charge is 2.08. The van der Waals surface area contributed by atoms with Crippen molar-refractivity contribution in [1.29, 1.82) is 0 Å². The molecule has 1 aromatic heterocycles. The van der Waals surface area contributed by atoms with Crippen LogP contribution in [0.2, 0.25) is 0 Å². The van der Waals surface area contributed by atoms with E-state index >= 15 is 0 Å². The van der Waals surface area contributed by atoms with Gasteiger partial charge in [0.25, 0.3) is 5.91 Å². The molecule has 0 atom stereocenters. The van der Waals surface area contributed by atoms with Crippen LogP contribution >= 0.6 is 0 Å². The number of amides is 1. The zero-order chi connectivity index (χ0) is 14.5. The van der Waals surface area contributed by atoms with Crippen LogP contribution < -0.4 is 5.32 Å². The van der Waals surface area contributed by atoms with Crippen molar-refractivity contribution < 1.29 is 14.7 Å². The van der Waals surface area contributed by atoms with Crippen molar-refractivity contribution in [3.05, 3.63) is 59.4 Å². The molecule has 0 aliphatic heterocycles. The number of carboxylic acids is 1. The van der Waals surface area contributed by atoms with Crippen molar-refractivity contribution in [3.63, 3.8) is 0 Å². The van der Waals surface area contributed by atoms with Crippen LogP contribution in [-0.2, 0) is 6.42 Å². The Kier molecular flexibility index (Phi) is 4.10. The van der Waals surface area contributed by atoms with E-state index in [1.807, 2.05) is 19.1 Å². The van der Waals surface area contributed by atoms with Crippen molar-refractivity contribution in [2.75, 3.05) is 5.32 Å². The van der Waals surface area contributed by atoms with E-state index < -0.39 is 5.97 Å². The molecule has 5 heteroatoms. The molecule has 0 bridgehead atoms. The normalized spacial score (nSPS) is 10.1. The zero-order valence-electron chi connectivity index (χ0n) is 11.0. The largest absolute Gasteiger partial charge is 0.477 e. The summed E-state index contributed by atoms with van der Waals surface area (Å²) in [5.74, 6) is -1.35. The molecule has 0 radical (unpaired) electrons. The topological polar surface area (TPSA) is 79.3 Å². The Morgan fingerprint density at radius 1 is 1.15 bits per heavy atom. The van der Waals surface area contributed by atoms with Gasteiger partial charge in [0.05, 0.1) is 11.9 Å². The first-order chi connectivity index (χ1) is 9.60. The molecular formula is C15H14N2O3. The average Bonchev–Trinajstić information content (AvgIpc) is 2.48. The van der Waals surface area contributed by atoms with Gasteiger partial charge >= 0.3 is 5.97 Å². The molecule has 0 aliphatic carbocycles. The Bertz CT molecular complexity index is 619. The maximum absolute atomic E-state index is 12.0. The minimum absolute atomic E-state index is 0.0599. The van der Waals surface area contributed by atoms with E-state index in [1.165, 1.54) is 18.3 Å². The number of nitrogens with one attached hydrogen (secondary N) is 1. The number of carbonyl (C=O) groups excluding carboxylic acids is 1. The predicted molar refractivity (Wildman–Crippen MR) is 75.0 cm³/mol. The molecule has 1 amide bonds. The summed E-state index contributed by atoms with van der Waals surface area (Å²) in [7, 11) is 0. The molecule has 5 nitrogen and oxygen atoms in total. The van der Waals surface area contributed by atoms with Crippen LogP contribution in [-0.4, -0.2) is 22.0 Å². The van der Waals surface area contributed by atoms with Crippen LogP contribution in [0.15, 0.2) is 42.6 Å².